The van der Waals surface area contributed by atoms with E-state index in [0.29, 0.717) is 13.0 Å². The molecular formula is C17H19FN2O. The first-order valence-electron chi connectivity index (χ1n) is 7.02. The van der Waals surface area contributed by atoms with Crippen LogP contribution in [0, 0.1) is 5.82 Å². The number of carbonyl (C=O) groups is 1. The molecule has 4 heteroatoms. The molecule has 1 aromatic heterocycles. The highest BCUT2D eigenvalue weighted by Gasteiger charge is 2.11. The van der Waals surface area contributed by atoms with E-state index in [1.807, 2.05) is 19.2 Å². The zero-order chi connectivity index (χ0) is 15.1. The molecule has 0 radical (unpaired) electrons. The number of rotatable bonds is 7. The second-order valence-electron chi connectivity index (χ2n) is 5.06. The van der Waals surface area contributed by atoms with Gasteiger partial charge < -0.3 is 4.90 Å². The van der Waals surface area contributed by atoms with Crippen LogP contribution in [0.2, 0.25) is 0 Å². The lowest BCUT2D eigenvalue weighted by atomic mass is 10.1. The van der Waals surface area contributed by atoms with Crippen molar-refractivity contribution in [1.29, 1.82) is 0 Å². The highest BCUT2D eigenvalue weighted by Crippen LogP contribution is 2.09. The Kier molecular flexibility index (Phi) is 5.58. The van der Waals surface area contributed by atoms with Crippen LogP contribution in [-0.4, -0.2) is 35.8 Å². The molecule has 0 unspecified atom stereocenters. The van der Waals surface area contributed by atoms with Gasteiger partial charge in [0, 0.05) is 31.9 Å². The SMILES string of the molecule is CN(CCC(=O)c1ccccc1F)CCc1ccncc1. The summed E-state index contributed by atoms with van der Waals surface area (Å²) in [4.78, 5) is 18.0. The molecule has 0 fully saturated rings. The maximum atomic E-state index is 13.5. The Morgan fingerprint density at radius 2 is 1.86 bits per heavy atom. The van der Waals surface area contributed by atoms with E-state index < -0.39 is 5.82 Å². The largest absolute Gasteiger partial charge is 0.306 e. The van der Waals surface area contributed by atoms with Crippen molar-refractivity contribution in [1.82, 2.24) is 9.88 Å². The first-order chi connectivity index (χ1) is 10.2. The van der Waals surface area contributed by atoms with E-state index in [1.54, 1.807) is 24.5 Å². The summed E-state index contributed by atoms with van der Waals surface area (Å²) in [6.45, 7) is 1.48. The van der Waals surface area contributed by atoms with Crippen LogP contribution in [0.4, 0.5) is 4.39 Å². The van der Waals surface area contributed by atoms with Gasteiger partial charge in [0.05, 0.1) is 5.56 Å². The third-order valence-electron chi connectivity index (χ3n) is 3.43. The van der Waals surface area contributed by atoms with E-state index in [9.17, 15) is 9.18 Å². The Morgan fingerprint density at radius 1 is 1.14 bits per heavy atom. The Bertz CT molecular complexity index is 586. The minimum atomic E-state index is -0.443. The second kappa shape index (κ2) is 7.64. The van der Waals surface area contributed by atoms with E-state index in [0.717, 1.165) is 13.0 Å². The van der Waals surface area contributed by atoms with E-state index >= 15 is 0 Å². The van der Waals surface area contributed by atoms with Crippen LogP contribution in [0.1, 0.15) is 22.3 Å². The van der Waals surface area contributed by atoms with Crippen LogP contribution in [0.15, 0.2) is 48.8 Å². The van der Waals surface area contributed by atoms with Crippen LogP contribution in [-0.2, 0) is 6.42 Å². The van der Waals surface area contributed by atoms with Crippen molar-refractivity contribution in [2.24, 2.45) is 0 Å². The molecule has 0 N–H and O–H groups in total. The molecule has 2 aromatic rings. The lowest BCUT2D eigenvalue weighted by Gasteiger charge is -2.16. The molecule has 21 heavy (non-hydrogen) atoms. The molecule has 0 saturated heterocycles. The molecule has 0 aliphatic carbocycles. The number of nitrogens with zero attached hydrogens (tertiary/aromatic N) is 2. The number of aromatic nitrogens is 1. The van der Waals surface area contributed by atoms with Crippen molar-refractivity contribution in [3.8, 4) is 0 Å². The molecule has 0 amide bonds. The number of likely N-dealkylation sites (N-methyl/N-ethyl adjacent to an activating group) is 1. The van der Waals surface area contributed by atoms with Gasteiger partial charge in [-0.25, -0.2) is 4.39 Å². The summed E-state index contributed by atoms with van der Waals surface area (Å²) in [5.74, 6) is -0.592. The number of halogens is 1. The average Bonchev–Trinajstić information content (AvgIpc) is 2.52. The summed E-state index contributed by atoms with van der Waals surface area (Å²) in [6, 6.07) is 10.1. The van der Waals surface area contributed by atoms with E-state index in [4.69, 9.17) is 0 Å². The van der Waals surface area contributed by atoms with Gasteiger partial charge in [0.25, 0.3) is 0 Å². The number of hydrogen-bond acceptors (Lipinski definition) is 3. The third-order valence-corrected chi connectivity index (χ3v) is 3.43. The summed E-state index contributed by atoms with van der Waals surface area (Å²) in [5.41, 5.74) is 1.40. The minimum Gasteiger partial charge on any atom is -0.306 e. The molecule has 110 valence electrons. The average molecular weight is 286 g/mol. The van der Waals surface area contributed by atoms with Gasteiger partial charge in [-0.3, -0.25) is 9.78 Å². The van der Waals surface area contributed by atoms with Crippen molar-refractivity contribution < 1.29 is 9.18 Å². The highest BCUT2D eigenvalue weighted by atomic mass is 19.1. The van der Waals surface area contributed by atoms with Gasteiger partial charge >= 0.3 is 0 Å². The van der Waals surface area contributed by atoms with Crippen molar-refractivity contribution in [3.63, 3.8) is 0 Å². The van der Waals surface area contributed by atoms with Crippen LogP contribution in [0.3, 0.4) is 0 Å². The Hall–Kier alpha value is -2.07. The normalized spacial score (nSPS) is 10.8. The lowest BCUT2D eigenvalue weighted by molar-refractivity contribution is 0.0965. The van der Waals surface area contributed by atoms with Gasteiger partial charge in [-0.15, -0.1) is 0 Å². The molecule has 0 atom stereocenters. The Morgan fingerprint density at radius 3 is 2.57 bits per heavy atom. The summed E-state index contributed by atoms with van der Waals surface area (Å²) in [5, 5.41) is 0. The van der Waals surface area contributed by atoms with Gasteiger partial charge in [0.1, 0.15) is 5.82 Å². The summed E-state index contributed by atoms with van der Waals surface area (Å²) >= 11 is 0. The number of Topliss-reactive ketones (excluding diaryl/α,β-unsaturated/α-hetero) is 1. The van der Waals surface area contributed by atoms with E-state index in [-0.39, 0.29) is 11.3 Å². The van der Waals surface area contributed by atoms with Gasteiger partial charge in [0.2, 0.25) is 0 Å². The molecule has 3 nitrogen and oxygen atoms in total. The molecule has 0 saturated carbocycles. The van der Waals surface area contributed by atoms with E-state index in [1.165, 1.54) is 17.7 Å². The number of hydrogen-bond donors (Lipinski definition) is 0. The summed E-state index contributed by atoms with van der Waals surface area (Å²) in [6.07, 6.45) is 4.79. The summed E-state index contributed by atoms with van der Waals surface area (Å²) in [7, 11) is 1.97. The topological polar surface area (TPSA) is 33.2 Å². The fraction of sp³-hybridized carbons (Fsp3) is 0.294. The predicted molar refractivity (Wildman–Crippen MR) is 80.8 cm³/mol. The van der Waals surface area contributed by atoms with Crippen molar-refractivity contribution in [2.45, 2.75) is 12.8 Å². The van der Waals surface area contributed by atoms with Crippen molar-refractivity contribution in [3.05, 3.63) is 65.7 Å². The van der Waals surface area contributed by atoms with Crippen molar-refractivity contribution >= 4 is 5.78 Å². The number of carbonyl (C=O) groups excluding carboxylic acids is 1. The molecule has 0 aliphatic heterocycles. The number of pyridine rings is 1. The standard InChI is InChI=1S/C17H19FN2O/c1-20(12-8-14-6-10-19-11-7-14)13-9-17(21)15-4-2-3-5-16(15)18/h2-7,10-11H,8-9,12-13H2,1H3. The van der Waals surface area contributed by atoms with Gasteiger partial charge in [-0.2, -0.15) is 0 Å². The molecule has 1 aromatic carbocycles. The van der Waals surface area contributed by atoms with Gasteiger partial charge in [0.15, 0.2) is 5.78 Å². The first kappa shape index (κ1) is 15.3. The van der Waals surface area contributed by atoms with Crippen LogP contribution < -0.4 is 0 Å². The van der Waals surface area contributed by atoms with Gasteiger partial charge in [-0.1, -0.05) is 12.1 Å². The molecule has 0 bridgehead atoms. The highest BCUT2D eigenvalue weighted by molar-refractivity contribution is 5.96. The van der Waals surface area contributed by atoms with Crippen molar-refractivity contribution in [2.75, 3.05) is 20.1 Å². The zero-order valence-corrected chi connectivity index (χ0v) is 12.1. The first-order valence-corrected chi connectivity index (χ1v) is 7.02. The fourth-order valence-corrected chi connectivity index (χ4v) is 2.10. The maximum absolute atomic E-state index is 13.5. The minimum absolute atomic E-state index is 0.149. The second-order valence-corrected chi connectivity index (χ2v) is 5.06. The Labute approximate surface area is 124 Å². The number of ketones is 1. The van der Waals surface area contributed by atoms with E-state index in [2.05, 4.69) is 9.88 Å². The van der Waals surface area contributed by atoms with Crippen LogP contribution >= 0.6 is 0 Å². The Balaban J connectivity index is 1.77. The number of benzene rings is 1. The van der Waals surface area contributed by atoms with Gasteiger partial charge in [-0.05, 0) is 43.3 Å². The molecule has 1 heterocycles. The maximum Gasteiger partial charge on any atom is 0.167 e. The molecular weight excluding hydrogens is 267 g/mol. The molecule has 0 aliphatic rings. The third kappa shape index (κ3) is 4.76. The predicted octanol–water partition coefficient (Wildman–Crippen LogP) is 2.97. The zero-order valence-electron chi connectivity index (χ0n) is 12.1. The van der Waals surface area contributed by atoms with Crippen LogP contribution in [0.25, 0.3) is 0 Å². The van der Waals surface area contributed by atoms with Crippen LogP contribution in [0.5, 0.6) is 0 Å². The fourth-order valence-electron chi connectivity index (χ4n) is 2.10. The monoisotopic (exact) mass is 286 g/mol. The molecule has 0 spiro atoms. The lowest BCUT2D eigenvalue weighted by Crippen LogP contribution is -2.24. The smallest absolute Gasteiger partial charge is 0.167 e. The summed E-state index contributed by atoms with van der Waals surface area (Å²) < 4.78 is 13.5. The quantitative estimate of drug-likeness (QED) is 0.734. The molecule has 2 rings (SSSR count).